The smallest absolute Gasteiger partial charge is 0.289 e. The van der Waals surface area contributed by atoms with Crippen LogP contribution in [0.1, 0.15) is 43.5 Å². The van der Waals surface area contributed by atoms with Crippen LogP contribution in [0.4, 0.5) is 0 Å². The Morgan fingerprint density at radius 2 is 1.93 bits per heavy atom. The number of imidazole rings is 1. The lowest BCUT2D eigenvalue weighted by Gasteiger charge is -2.09. The van der Waals surface area contributed by atoms with Gasteiger partial charge in [-0.05, 0) is 36.8 Å². The first-order valence-electron chi connectivity index (χ1n) is 9.90. The molecule has 0 spiro atoms. The topological polar surface area (TPSA) is 76.5 Å². The summed E-state index contributed by atoms with van der Waals surface area (Å²) in [4.78, 5) is 21.9. The zero-order chi connectivity index (χ0) is 20.4. The van der Waals surface area contributed by atoms with E-state index in [1.54, 1.807) is 12.4 Å². The maximum Gasteiger partial charge on any atom is 0.329 e. The lowest BCUT2D eigenvalue weighted by atomic mass is 10.1. The van der Waals surface area contributed by atoms with Crippen LogP contribution in [0.15, 0.2) is 53.7 Å². The summed E-state index contributed by atoms with van der Waals surface area (Å²) >= 11 is 0. The molecule has 0 N–H and O–H groups in total. The van der Waals surface area contributed by atoms with E-state index in [4.69, 9.17) is 5.26 Å². The molecule has 6 nitrogen and oxygen atoms in total. The third-order valence-corrected chi connectivity index (χ3v) is 5.30. The van der Waals surface area contributed by atoms with Crippen LogP contribution in [-0.2, 0) is 6.54 Å². The number of rotatable bonds is 3. The van der Waals surface area contributed by atoms with Gasteiger partial charge in [0, 0.05) is 30.2 Å². The Morgan fingerprint density at radius 1 is 1.17 bits per heavy atom. The maximum absolute atomic E-state index is 13.0. The van der Waals surface area contributed by atoms with Crippen molar-refractivity contribution in [2.45, 2.75) is 45.7 Å². The highest BCUT2D eigenvalue weighted by atomic mass is 16.1. The quantitative estimate of drug-likeness (QED) is 0.525. The summed E-state index contributed by atoms with van der Waals surface area (Å²) in [5.74, 6) is 0. The van der Waals surface area contributed by atoms with Crippen LogP contribution in [0.25, 0.3) is 21.8 Å². The van der Waals surface area contributed by atoms with Crippen molar-refractivity contribution in [2.24, 2.45) is 0 Å². The zero-order valence-corrected chi connectivity index (χ0v) is 16.7. The number of hydrogen-bond acceptors (Lipinski definition) is 4. The largest absolute Gasteiger partial charge is 0.329 e. The van der Waals surface area contributed by atoms with Crippen LogP contribution in [0, 0.1) is 18.3 Å². The summed E-state index contributed by atoms with van der Waals surface area (Å²) in [6, 6.07) is 12.4. The molecule has 1 fully saturated rings. The first kappa shape index (κ1) is 18.9. The number of nitriles is 1. The normalized spacial score (nSPS) is 13.1. The molecule has 0 saturated heterocycles. The molecule has 146 valence electrons. The molecular formula is C23H23N5O. The van der Waals surface area contributed by atoms with E-state index in [0.717, 1.165) is 40.5 Å². The Morgan fingerprint density at radius 3 is 2.66 bits per heavy atom. The number of pyridine rings is 2. The third-order valence-electron chi connectivity index (χ3n) is 5.30. The summed E-state index contributed by atoms with van der Waals surface area (Å²) in [7, 11) is 0. The monoisotopic (exact) mass is 385 g/mol. The van der Waals surface area contributed by atoms with Gasteiger partial charge in [0.25, 0.3) is 0 Å². The van der Waals surface area contributed by atoms with Crippen molar-refractivity contribution in [3.63, 3.8) is 0 Å². The van der Waals surface area contributed by atoms with Gasteiger partial charge in [-0.3, -0.25) is 19.1 Å². The summed E-state index contributed by atoms with van der Waals surface area (Å²) in [5, 5.41) is 9.93. The van der Waals surface area contributed by atoms with Crippen LogP contribution in [-0.4, -0.2) is 19.1 Å². The molecule has 4 aromatic rings. The highest BCUT2D eigenvalue weighted by Gasteiger charge is 2.29. The number of nitrogens with zero attached hydrogens (tertiary/aromatic N) is 5. The van der Waals surface area contributed by atoms with E-state index in [2.05, 4.69) is 29.0 Å². The standard InChI is InChI=1S/C20H18N4O.C3H5N/c1-13-16-5-3-2-4-14(16)10-22-17(13)12-23-19-11-21-9-8-18(19)24(20(23)25)15-6-7-15;1-2-3-4/h2-5,8-11,15H,6-7,12H2,1H3;2H2,1H3. The van der Waals surface area contributed by atoms with Crippen LogP contribution >= 0.6 is 0 Å². The molecular weight excluding hydrogens is 362 g/mol. The summed E-state index contributed by atoms with van der Waals surface area (Å²) in [5.41, 5.74) is 3.95. The molecule has 0 unspecified atom stereocenters. The predicted molar refractivity (Wildman–Crippen MR) is 114 cm³/mol. The molecule has 1 aliphatic rings. The Labute approximate surface area is 169 Å². The summed E-state index contributed by atoms with van der Waals surface area (Å²) in [6.07, 6.45) is 8.21. The van der Waals surface area contributed by atoms with Crippen molar-refractivity contribution in [3.05, 3.63) is 70.7 Å². The first-order valence-corrected chi connectivity index (χ1v) is 9.90. The van der Waals surface area contributed by atoms with Crippen LogP contribution in [0.3, 0.4) is 0 Å². The molecule has 0 radical (unpaired) electrons. The Hall–Kier alpha value is -3.46. The molecule has 5 rings (SSSR count). The fourth-order valence-electron chi connectivity index (χ4n) is 3.63. The SMILES string of the molecule is CCC#N.Cc1c(Cn2c(=O)n(C3CC3)c3ccncc32)ncc2ccccc12. The molecule has 29 heavy (non-hydrogen) atoms. The van der Waals surface area contributed by atoms with Gasteiger partial charge >= 0.3 is 5.69 Å². The van der Waals surface area contributed by atoms with E-state index in [-0.39, 0.29) is 5.69 Å². The van der Waals surface area contributed by atoms with E-state index >= 15 is 0 Å². The molecule has 1 aliphatic carbocycles. The Bertz CT molecular complexity index is 1270. The second-order valence-electron chi connectivity index (χ2n) is 7.26. The minimum absolute atomic E-state index is 0.0415. The molecule has 3 heterocycles. The summed E-state index contributed by atoms with van der Waals surface area (Å²) in [6.45, 7) is 4.37. The fraction of sp³-hybridized carbons (Fsp3) is 0.304. The van der Waals surface area contributed by atoms with E-state index in [0.29, 0.717) is 19.0 Å². The second kappa shape index (κ2) is 7.88. The molecule has 0 bridgehead atoms. The fourth-order valence-corrected chi connectivity index (χ4v) is 3.63. The molecule has 6 heteroatoms. The van der Waals surface area contributed by atoms with Gasteiger partial charge in [0.1, 0.15) is 0 Å². The van der Waals surface area contributed by atoms with Crippen LogP contribution in [0.5, 0.6) is 0 Å². The van der Waals surface area contributed by atoms with Crippen LogP contribution in [0.2, 0.25) is 0 Å². The number of benzene rings is 1. The molecule has 0 amide bonds. The van der Waals surface area contributed by atoms with Crippen molar-refractivity contribution in [3.8, 4) is 6.07 Å². The van der Waals surface area contributed by atoms with Gasteiger partial charge in [-0.1, -0.05) is 31.2 Å². The van der Waals surface area contributed by atoms with Crippen molar-refractivity contribution in [1.82, 2.24) is 19.1 Å². The highest BCUT2D eigenvalue weighted by Crippen LogP contribution is 2.36. The molecule has 1 saturated carbocycles. The number of fused-ring (bicyclic) bond motifs is 2. The molecule has 1 aromatic carbocycles. The van der Waals surface area contributed by atoms with Gasteiger partial charge in [-0.2, -0.15) is 5.26 Å². The second-order valence-corrected chi connectivity index (χ2v) is 7.26. The molecule has 0 atom stereocenters. The van der Waals surface area contributed by atoms with Crippen molar-refractivity contribution >= 4 is 21.8 Å². The van der Waals surface area contributed by atoms with Gasteiger partial charge in [-0.25, -0.2) is 4.79 Å². The zero-order valence-electron chi connectivity index (χ0n) is 16.7. The Kier molecular flexibility index (Phi) is 5.13. The maximum atomic E-state index is 13.0. The van der Waals surface area contributed by atoms with E-state index in [9.17, 15) is 4.79 Å². The number of aromatic nitrogens is 4. The van der Waals surface area contributed by atoms with Crippen molar-refractivity contribution in [1.29, 1.82) is 5.26 Å². The van der Waals surface area contributed by atoms with Gasteiger partial charge in [0.15, 0.2) is 0 Å². The minimum atomic E-state index is 0.0415. The van der Waals surface area contributed by atoms with E-state index in [1.807, 2.05) is 46.5 Å². The third kappa shape index (κ3) is 3.52. The first-order chi connectivity index (χ1) is 14.2. The Balaban J connectivity index is 0.000000472. The van der Waals surface area contributed by atoms with Gasteiger partial charge in [0.2, 0.25) is 0 Å². The van der Waals surface area contributed by atoms with E-state index < -0.39 is 0 Å². The lowest BCUT2D eigenvalue weighted by Crippen LogP contribution is -2.24. The molecule has 3 aromatic heterocycles. The minimum Gasteiger partial charge on any atom is -0.289 e. The van der Waals surface area contributed by atoms with E-state index in [1.165, 1.54) is 5.39 Å². The van der Waals surface area contributed by atoms with Gasteiger partial charge in [-0.15, -0.1) is 0 Å². The van der Waals surface area contributed by atoms with Gasteiger partial charge in [0.05, 0.1) is 35.5 Å². The van der Waals surface area contributed by atoms with Gasteiger partial charge < -0.3 is 0 Å². The number of aryl methyl sites for hydroxylation is 1. The highest BCUT2D eigenvalue weighted by molar-refractivity contribution is 5.85. The lowest BCUT2D eigenvalue weighted by molar-refractivity contribution is 0.665. The average Bonchev–Trinajstić information content (AvgIpc) is 3.55. The predicted octanol–water partition coefficient (Wildman–Crippen LogP) is 4.36. The van der Waals surface area contributed by atoms with Crippen LogP contribution < -0.4 is 5.69 Å². The number of hydrogen-bond donors (Lipinski definition) is 0. The van der Waals surface area contributed by atoms with Crippen molar-refractivity contribution < 1.29 is 0 Å². The average molecular weight is 385 g/mol. The van der Waals surface area contributed by atoms with Crippen molar-refractivity contribution in [2.75, 3.05) is 0 Å². The summed E-state index contributed by atoms with van der Waals surface area (Å²) < 4.78 is 3.73. The molecule has 0 aliphatic heterocycles.